The summed E-state index contributed by atoms with van der Waals surface area (Å²) in [7, 11) is 1.60. The largest absolute Gasteiger partial charge is 0.497 e. The average molecular weight is 494 g/mol. The van der Waals surface area contributed by atoms with Gasteiger partial charge in [0.2, 0.25) is 0 Å². The van der Waals surface area contributed by atoms with Gasteiger partial charge in [0.25, 0.3) is 5.91 Å². The maximum Gasteiger partial charge on any atom is 0.314 e. The fourth-order valence-electron chi connectivity index (χ4n) is 4.56. The molecule has 0 heterocycles. The fraction of sp³-hybridized carbons (Fsp3) is 0.467. The molecule has 0 unspecified atom stereocenters. The Balaban J connectivity index is 1.55. The van der Waals surface area contributed by atoms with Crippen LogP contribution in [0.15, 0.2) is 60.7 Å². The number of amides is 1. The minimum atomic E-state index is -0.461. The van der Waals surface area contributed by atoms with Crippen LogP contribution in [0.3, 0.4) is 0 Å². The summed E-state index contributed by atoms with van der Waals surface area (Å²) in [6, 6.07) is 14.6. The summed E-state index contributed by atoms with van der Waals surface area (Å²) in [6.07, 6.45) is 10.6. The Bertz CT molecular complexity index is 1000. The lowest BCUT2D eigenvalue weighted by atomic mass is 9.85. The van der Waals surface area contributed by atoms with Crippen molar-refractivity contribution in [2.45, 2.75) is 64.3 Å². The van der Waals surface area contributed by atoms with E-state index >= 15 is 0 Å². The van der Waals surface area contributed by atoms with Crippen LogP contribution in [0.25, 0.3) is 0 Å². The zero-order valence-electron chi connectivity index (χ0n) is 21.7. The maximum absolute atomic E-state index is 12.9. The zero-order valence-corrected chi connectivity index (χ0v) is 21.7. The van der Waals surface area contributed by atoms with Crippen molar-refractivity contribution in [1.82, 2.24) is 5.32 Å². The van der Waals surface area contributed by atoms with Crippen molar-refractivity contribution >= 4 is 11.9 Å². The van der Waals surface area contributed by atoms with Crippen molar-refractivity contribution in [2.75, 3.05) is 20.3 Å². The number of allylic oxidation sites excluding steroid dienone is 1. The first-order chi connectivity index (χ1) is 17.5. The molecule has 1 aliphatic carbocycles. The lowest BCUT2D eigenvalue weighted by Crippen LogP contribution is -2.33. The molecule has 6 heteroatoms. The molecule has 0 radical (unpaired) electrons. The third-order valence-corrected chi connectivity index (χ3v) is 6.49. The summed E-state index contributed by atoms with van der Waals surface area (Å²) >= 11 is 0. The predicted octanol–water partition coefficient (Wildman–Crippen LogP) is 6.07. The third kappa shape index (κ3) is 7.87. The topological polar surface area (TPSA) is 73.9 Å². The number of hydrogen-bond donors (Lipinski definition) is 1. The molecule has 6 nitrogen and oxygen atoms in total. The van der Waals surface area contributed by atoms with Crippen molar-refractivity contribution in [3.8, 4) is 11.5 Å². The molecule has 0 saturated heterocycles. The van der Waals surface area contributed by atoms with Crippen LogP contribution in [0.1, 0.15) is 74.2 Å². The Labute approximate surface area is 215 Å². The number of benzene rings is 2. The van der Waals surface area contributed by atoms with E-state index in [9.17, 15) is 9.59 Å². The number of carbonyl (C=O) groups is 2. The Morgan fingerprint density at radius 3 is 2.47 bits per heavy atom. The van der Waals surface area contributed by atoms with Gasteiger partial charge in [-0.15, -0.1) is 0 Å². The summed E-state index contributed by atoms with van der Waals surface area (Å²) in [4.78, 5) is 25.7. The Morgan fingerprint density at radius 1 is 0.972 bits per heavy atom. The third-order valence-electron chi connectivity index (χ3n) is 6.49. The Kier molecular flexibility index (Phi) is 10.9. The molecule has 194 valence electrons. The number of ether oxygens (including phenoxy) is 3. The molecule has 0 saturated carbocycles. The monoisotopic (exact) mass is 493 g/mol. The molecule has 0 spiro atoms. The van der Waals surface area contributed by atoms with Gasteiger partial charge in [-0.1, -0.05) is 56.9 Å². The first-order valence-corrected chi connectivity index (χ1v) is 13.1. The van der Waals surface area contributed by atoms with Crippen molar-refractivity contribution in [3.05, 3.63) is 71.8 Å². The van der Waals surface area contributed by atoms with Crippen LogP contribution in [0, 0.1) is 5.92 Å². The number of unbranched alkanes of at least 4 members (excludes halogenated alkanes) is 4. The van der Waals surface area contributed by atoms with Gasteiger partial charge < -0.3 is 19.5 Å². The van der Waals surface area contributed by atoms with Gasteiger partial charge in [0.1, 0.15) is 11.5 Å². The van der Waals surface area contributed by atoms with Crippen LogP contribution < -0.4 is 14.8 Å². The molecule has 2 aromatic carbocycles. The second-order valence-corrected chi connectivity index (χ2v) is 9.16. The molecule has 1 aliphatic rings. The van der Waals surface area contributed by atoms with Gasteiger partial charge in [-0.25, -0.2) is 0 Å². The van der Waals surface area contributed by atoms with Crippen LogP contribution in [0.2, 0.25) is 0 Å². The highest BCUT2D eigenvalue weighted by atomic mass is 16.5. The molecule has 1 amide bonds. The van der Waals surface area contributed by atoms with E-state index in [4.69, 9.17) is 14.2 Å². The van der Waals surface area contributed by atoms with Crippen LogP contribution in [-0.4, -0.2) is 38.2 Å². The summed E-state index contributed by atoms with van der Waals surface area (Å²) in [5.74, 6) is 0.501. The molecule has 36 heavy (non-hydrogen) atoms. The normalized spacial score (nSPS) is 17.4. The quantitative estimate of drug-likeness (QED) is 0.197. The van der Waals surface area contributed by atoms with Crippen LogP contribution in [0.4, 0.5) is 0 Å². The molecule has 0 fully saturated rings. The molecule has 0 aliphatic heterocycles. The number of esters is 1. The summed E-state index contributed by atoms with van der Waals surface area (Å²) in [6.45, 7) is 5.02. The van der Waals surface area contributed by atoms with Crippen LogP contribution >= 0.6 is 0 Å². The second-order valence-electron chi connectivity index (χ2n) is 9.16. The maximum atomic E-state index is 12.9. The molecular formula is C30H39NO5. The molecule has 0 aromatic heterocycles. The van der Waals surface area contributed by atoms with Gasteiger partial charge in [-0.05, 0) is 67.6 Å². The van der Waals surface area contributed by atoms with Gasteiger partial charge in [-0.2, -0.15) is 0 Å². The average Bonchev–Trinajstić information content (AvgIpc) is 3.34. The van der Waals surface area contributed by atoms with E-state index in [0.29, 0.717) is 30.9 Å². The molecule has 3 rings (SSSR count). The molecule has 0 bridgehead atoms. The van der Waals surface area contributed by atoms with Gasteiger partial charge in [0.05, 0.1) is 26.2 Å². The lowest BCUT2D eigenvalue weighted by molar-refractivity contribution is -0.146. The second kappa shape index (κ2) is 14.3. The molecule has 1 N–H and O–H groups in total. The summed E-state index contributed by atoms with van der Waals surface area (Å²) in [5, 5.41) is 3.07. The van der Waals surface area contributed by atoms with Crippen LogP contribution in [-0.2, 0) is 9.53 Å². The van der Waals surface area contributed by atoms with E-state index in [0.717, 1.165) is 17.7 Å². The van der Waals surface area contributed by atoms with Gasteiger partial charge >= 0.3 is 5.97 Å². The van der Waals surface area contributed by atoms with E-state index in [1.165, 1.54) is 25.7 Å². The Morgan fingerprint density at radius 2 is 1.75 bits per heavy atom. The number of rotatable bonds is 14. The highest BCUT2D eigenvalue weighted by Gasteiger charge is 2.34. The smallest absolute Gasteiger partial charge is 0.314 e. The minimum absolute atomic E-state index is 0.0884. The van der Waals surface area contributed by atoms with Gasteiger partial charge in [0, 0.05) is 11.6 Å². The standard InChI is InChI=1S/C30H39NO5/c1-4-6-7-8-9-19-36-26-17-14-22(15-18-26)29(32)31-25-16-13-24(20-25)28(30(33)35-5-2)23-11-10-12-27(21-23)34-3/h10-18,21,24-25,28H,4-9,19-20H2,1-3H3,(H,31,32)/t24-,25+,28-/m0/s1. The number of hydrogen-bond acceptors (Lipinski definition) is 5. The molecular weight excluding hydrogens is 454 g/mol. The summed E-state index contributed by atoms with van der Waals surface area (Å²) < 4.78 is 16.5. The minimum Gasteiger partial charge on any atom is -0.497 e. The van der Waals surface area contributed by atoms with E-state index in [2.05, 4.69) is 12.2 Å². The molecule has 3 atom stereocenters. The van der Waals surface area contributed by atoms with Gasteiger partial charge in [0.15, 0.2) is 0 Å². The number of nitrogens with one attached hydrogen (secondary N) is 1. The van der Waals surface area contributed by atoms with Crippen molar-refractivity contribution in [3.63, 3.8) is 0 Å². The Hall–Kier alpha value is -3.28. The summed E-state index contributed by atoms with van der Waals surface area (Å²) in [5.41, 5.74) is 1.42. The van der Waals surface area contributed by atoms with Crippen molar-refractivity contribution in [2.24, 2.45) is 5.92 Å². The van der Waals surface area contributed by atoms with E-state index in [1.54, 1.807) is 26.2 Å². The van der Waals surface area contributed by atoms with E-state index in [-0.39, 0.29) is 23.8 Å². The first-order valence-electron chi connectivity index (χ1n) is 13.1. The highest BCUT2D eigenvalue weighted by molar-refractivity contribution is 5.94. The van der Waals surface area contributed by atoms with E-state index < -0.39 is 5.92 Å². The van der Waals surface area contributed by atoms with Crippen molar-refractivity contribution < 1.29 is 23.8 Å². The SMILES string of the molecule is CCCCCCCOc1ccc(C(=O)N[C@@H]2C=C[C@H]([C@@H](C(=O)OCC)c3cccc(OC)c3)C2)cc1. The highest BCUT2D eigenvalue weighted by Crippen LogP contribution is 2.35. The molecule has 2 aromatic rings. The zero-order chi connectivity index (χ0) is 25.8. The number of carbonyl (C=O) groups excluding carboxylic acids is 2. The number of methoxy groups -OCH3 is 1. The van der Waals surface area contributed by atoms with E-state index in [1.807, 2.05) is 48.6 Å². The predicted molar refractivity (Wildman–Crippen MR) is 142 cm³/mol. The lowest BCUT2D eigenvalue weighted by Gasteiger charge is -2.23. The van der Waals surface area contributed by atoms with Crippen molar-refractivity contribution in [1.29, 1.82) is 0 Å². The fourth-order valence-corrected chi connectivity index (χ4v) is 4.56. The van der Waals surface area contributed by atoms with Crippen LogP contribution in [0.5, 0.6) is 11.5 Å². The van der Waals surface area contributed by atoms with Gasteiger partial charge in [-0.3, -0.25) is 9.59 Å². The first kappa shape index (κ1) is 27.3.